The van der Waals surface area contributed by atoms with Crippen molar-refractivity contribution in [3.8, 4) is 0 Å². The summed E-state index contributed by atoms with van der Waals surface area (Å²) in [6.07, 6.45) is -0.247. The van der Waals surface area contributed by atoms with Gasteiger partial charge in [-0.3, -0.25) is 0 Å². The zero-order valence-electron chi connectivity index (χ0n) is 9.39. The Labute approximate surface area is 94.2 Å². The summed E-state index contributed by atoms with van der Waals surface area (Å²) in [7, 11) is 0. The van der Waals surface area contributed by atoms with Crippen LogP contribution in [0.15, 0.2) is 0 Å². The molecule has 2 aliphatic heterocycles. The summed E-state index contributed by atoms with van der Waals surface area (Å²) < 4.78 is 35.9. The van der Waals surface area contributed by atoms with E-state index >= 15 is 0 Å². The molecule has 0 spiro atoms. The van der Waals surface area contributed by atoms with Crippen LogP contribution in [-0.2, 0) is 0 Å². The Bertz CT molecular complexity index is 230. The molecule has 2 nitrogen and oxygen atoms in total. The normalized spacial score (nSPS) is 31.7. The van der Waals surface area contributed by atoms with Crippen LogP contribution >= 0.6 is 0 Å². The van der Waals surface area contributed by atoms with Crippen LogP contribution in [0.5, 0.6) is 0 Å². The first-order valence-corrected chi connectivity index (χ1v) is 6.09. The lowest BCUT2D eigenvalue weighted by molar-refractivity contribution is -0.133. The van der Waals surface area contributed by atoms with Crippen LogP contribution < -0.4 is 5.32 Å². The molecule has 0 amide bonds. The highest BCUT2D eigenvalue weighted by atomic mass is 19.4. The summed E-state index contributed by atoms with van der Waals surface area (Å²) in [4.78, 5) is 2.47. The molecule has 0 saturated carbocycles. The first kappa shape index (κ1) is 12.2. The standard InChI is InChI=1S/C11H19F3N2/c12-11(13,14)4-5-15-9-3-7-16-6-1-2-10(16)8-9/h9-10,15H,1-8H2. The smallest absolute Gasteiger partial charge is 0.314 e. The fourth-order valence-corrected chi connectivity index (χ4v) is 2.83. The van der Waals surface area contributed by atoms with Gasteiger partial charge >= 0.3 is 6.18 Å². The van der Waals surface area contributed by atoms with E-state index in [2.05, 4.69) is 10.2 Å². The second-order valence-corrected chi connectivity index (χ2v) is 4.87. The molecule has 0 aromatic rings. The van der Waals surface area contributed by atoms with Crippen LogP contribution in [0, 0.1) is 0 Å². The zero-order chi connectivity index (χ0) is 11.6. The number of nitrogens with one attached hydrogen (secondary N) is 1. The quantitative estimate of drug-likeness (QED) is 0.807. The molecular formula is C11H19F3N2. The summed E-state index contributed by atoms with van der Waals surface area (Å²) in [5.74, 6) is 0. The summed E-state index contributed by atoms with van der Waals surface area (Å²) in [6, 6.07) is 0.916. The number of alkyl halides is 3. The molecular weight excluding hydrogens is 217 g/mol. The maximum atomic E-state index is 12.0. The average molecular weight is 236 g/mol. The van der Waals surface area contributed by atoms with Gasteiger partial charge in [0, 0.05) is 18.6 Å². The SMILES string of the molecule is FC(F)(F)CCNC1CCN2CCCC2C1. The van der Waals surface area contributed by atoms with Crippen molar-refractivity contribution < 1.29 is 13.2 Å². The van der Waals surface area contributed by atoms with Gasteiger partial charge in [-0.05, 0) is 38.8 Å². The molecule has 2 heterocycles. The second-order valence-electron chi connectivity index (χ2n) is 4.87. The fraction of sp³-hybridized carbons (Fsp3) is 1.00. The summed E-state index contributed by atoms with van der Waals surface area (Å²) in [5, 5.41) is 3.04. The topological polar surface area (TPSA) is 15.3 Å². The van der Waals surface area contributed by atoms with Gasteiger partial charge in [0.1, 0.15) is 0 Å². The zero-order valence-corrected chi connectivity index (χ0v) is 9.39. The maximum absolute atomic E-state index is 12.0. The molecule has 2 saturated heterocycles. The number of rotatable bonds is 3. The number of hydrogen-bond donors (Lipinski definition) is 1. The Kier molecular flexibility index (Phi) is 3.74. The number of halogens is 3. The predicted molar refractivity (Wildman–Crippen MR) is 56.3 cm³/mol. The van der Waals surface area contributed by atoms with E-state index in [1.54, 1.807) is 0 Å². The van der Waals surface area contributed by atoms with Crippen LogP contribution in [0.25, 0.3) is 0 Å². The highest BCUT2D eigenvalue weighted by Crippen LogP contribution is 2.27. The third kappa shape index (κ3) is 3.35. The summed E-state index contributed by atoms with van der Waals surface area (Å²) in [5.41, 5.74) is 0. The van der Waals surface area contributed by atoms with Gasteiger partial charge in [0.05, 0.1) is 6.42 Å². The van der Waals surface area contributed by atoms with Crippen molar-refractivity contribution in [3.63, 3.8) is 0 Å². The van der Waals surface area contributed by atoms with E-state index in [1.807, 2.05) is 0 Å². The lowest BCUT2D eigenvalue weighted by Gasteiger charge is -2.35. The van der Waals surface area contributed by atoms with Gasteiger partial charge in [-0.2, -0.15) is 13.2 Å². The number of nitrogens with zero attached hydrogens (tertiary/aromatic N) is 1. The fourth-order valence-electron chi connectivity index (χ4n) is 2.83. The molecule has 0 aromatic carbocycles. The Morgan fingerprint density at radius 2 is 2.00 bits per heavy atom. The minimum absolute atomic E-state index is 0.0703. The van der Waals surface area contributed by atoms with Crippen LogP contribution in [0.4, 0.5) is 13.2 Å². The van der Waals surface area contributed by atoms with Gasteiger partial charge in [0.2, 0.25) is 0 Å². The van der Waals surface area contributed by atoms with Crippen molar-refractivity contribution in [2.45, 2.75) is 50.4 Å². The van der Waals surface area contributed by atoms with Crippen LogP contribution in [0.1, 0.15) is 32.1 Å². The first-order chi connectivity index (χ1) is 7.54. The van der Waals surface area contributed by atoms with Gasteiger partial charge in [-0.25, -0.2) is 0 Å². The third-order valence-electron chi connectivity index (χ3n) is 3.66. The molecule has 2 unspecified atom stereocenters. The molecule has 2 aliphatic rings. The van der Waals surface area contributed by atoms with Crippen molar-refractivity contribution >= 4 is 0 Å². The van der Waals surface area contributed by atoms with E-state index in [0.717, 1.165) is 19.4 Å². The molecule has 2 atom stereocenters. The molecule has 16 heavy (non-hydrogen) atoms. The van der Waals surface area contributed by atoms with Crippen LogP contribution in [-0.4, -0.2) is 42.8 Å². The van der Waals surface area contributed by atoms with Crippen molar-refractivity contribution in [2.24, 2.45) is 0 Å². The summed E-state index contributed by atoms with van der Waals surface area (Å²) >= 11 is 0. The number of fused-ring (bicyclic) bond motifs is 1. The van der Waals surface area contributed by atoms with E-state index < -0.39 is 12.6 Å². The minimum Gasteiger partial charge on any atom is -0.314 e. The van der Waals surface area contributed by atoms with Crippen LogP contribution in [0.2, 0.25) is 0 Å². The Hall–Kier alpha value is -0.290. The largest absolute Gasteiger partial charge is 0.390 e. The molecule has 0 aliphatic carbocycles. The highest BCUT2D eigenvalue weighted by molar-refractivity contribution is 4.89. The van der Waals surface area contributed by atoms with Crippen molar-refractivity contribution in [1.82, 2.24) is 10.2 Å². The molecule has 1 N–H and O–H groups in total. The van der Waals surface area contributed by atoms with E-state index in [4.69, 9.17) is 0 Å². The second kappa shape index (κ2) is 4.92. The molecule has 94 valence electrons. The van der Waals surface area contributed by atoms with Crippen molar-refractivity contribution in [1.29, 1.82) is 0 Å². The molecule has 0 radical (unpaired) electrons. The molecule has 0 aromatic heterocycles. The monoisotopic (exact) mass is 236 g/mol. The minimum atomic E-state index is -4.03. The molecule has 0 bridgehead atoms. The highest BCUT2D eigenvalue weighted by Gasteiger charge is 2.32. The predicted octanol–water partition coefficient (Wildman–Crippen LogP) is 2.16. The maximum Gasteiger partial charge on any atom is 0.390 e. The van der Waals surface area contributed by atoms with E-state index in [9.17, 15) is 13.2 Å². The van der Waals surface area contributed by atoms with Gasteiger partial charge in [-0.1, -0.05) is 0 Å². The van der Waals surface area contributed by atoms with Gasteiger partial charge in [0.15, 0.2) is 0 Å². The Morgan fingerprint density at radius 3 is 2.75 bits per heavy atom. The summed E-state index contributed by atoms with van der Waals surface area (Å²) in [6.45, 7) is 2.30. The lowest BCUT2D eigenvalue weighted by atomic mass is 9.97. The van der Waals surface area contributed by atoms with E-state index in [1.165, 1.54) is 19.4 Å². The van der Waals surface area contributed by atoms with Crippen molar-refractivity contribution in [2.75, 3.05) is 19.6 Å². The van der Waals surface area contributed by atoms with E-state index in [0.29, 0.717) is 12.1 Å². The lowest BCUT2D eigenvalue weighted by Crippen LogP contribution is -2.46. The van der Waals surface area contributed by atoms with E-state index in [-0.39, 0.29) is 6.54 Å². The molecule has 5 heteroatoms. The average Bonchev–Trinajstić information content (AvgIpc) is 2.62. The van der Waals surface area contributed by atoms with Crippen LogP contribution in [0.3, 0.4) is 0 Å². The number of piperidine rings is 1. The molecule has 2 fully saturated rings. The van der Waals surface area contributed by atoms with Crippen molar-refractivity contribution in [3.05, 3.63) is 0 Å². The Balaban J connectivity index is 1.67. The molecule has 2 rings (SSSR count). The van der Waals surface area contributed by atoms with Gasteiger partial charge < -0.3 is 10.2 Å². The third-order valence-corrected chi connectivity index (χ3v) is 3.66. The van der Waals surface area contributed by atoms with Gasteiger partial charge in [0.25, 0.3) is 0 Å². The van der Waals surface area contributed by atoms with Gasteiger partial charge in [-0.15, -0.1) is 0 Å². The number of hydrogen-bond acceptors (Lipinski definition) is 2. The first-order valence-electron chi connectivity index (χ1n) is 6.09. The Morgan fingerprint density at radius 1 is 1.19 bits per heavy atom.